The summed E-state index contributed by atoms with van der Waals surface area (Å²) in [5, 5.41) is 0. The van der Waals surface area contributed by atoms with Gasteiger partial charge >= 0.3 is 0 Å². The third-order valence-electron chi connectivity index (χ3n) is 4.63. The molecule has 1 saturated carbocycles. The number of fused-ring (bicyclic) bond motifs is 1. The fourth-order valence-electron chi connectivity index (χ4n) is 3.26. The van der Waals surface area contributed by atoms with Crippen LogP contribution in [0.1, 0.15) is 64.2 Å². The van der Waals surface area contributed by atoms with E-state index in [-0.39, 0.29) is 0 Å². The Labute approximate surface area is 107 Å². The zero-order chi connectivity index (χ0) is 11.9. The Morgan fingerprint density at radius 1 is 0.882 bits per heavy atom. The van der Waals surface area contributed by atoms with E-state index in [0.717, 1.165) is 18.4 Å². The van der Waals surface area contributed by atoms with E-state index in [4.69, 9.17) is 5.73 Å². The van der Waals surface area contributed by atoms with Crippen LogP contribution in [-0.2, 0) is 0 Å². The Hall–Kier alpha value is -0.300. The second kappa shape index (κ2) is 7.20. The lowest BCUT2D eigenvalue weighted by molar-refractivity contribution is 0.501. The van der Waals surface area contributed by atoms with Gasteiger partial charge in [0, 0.05) is 0 Å². The zero-order valence-corrected chi connectivity index (χ0v) is 11.2. The molecule has 0 heterocycles. The van der Waals surface area contributed by atoms with E-state index in [1.165, 1.54) is 64.2 Å². The summed E-state index contributed by atoms with van der Waals surface area (Å²) in [4.78, 5) is 0. The fraction of sp³-hybridized carbons (Fsp3) is 0.875. The lowest BCUT2D eigenvalue weighted by Crippen LogP contribution is -2.11. The van der Waals surface area contributed by atoms with E-state index in [2.05, 4.69) is 12.2 Å². The SMILES string of the molecule is NCC1/C=C\CCCC2CC2CCCCCC1. The number of hydrogen-bond donors (Lipinski definition) is 1. The van der Waals surface area contributed by atoms with Gasteiger partial charge < -0.3 is 5.73 Å². The van der Waals surface area contributed by atoms with Gasteiger partial charge in [-0.05, 0) is 56.4 Å². The van der Waals surface area contributed by atoms with Crippen LogP contribution in [0.5, 0.6) is 0 Å². The first-order valence-corrected chi connectivity index (χ1v) is 7.77. The summed E-state index contributed by atoms with van der Waals surface area (Å²) in [6.07, 6.45) is 19.0. The summed E-state index contributed by atoms with van der Waals surface area (Å²) < 4.78 is 0. The molecule has 3 atom stereocenters. The zero-order valence-electron chi connectivity index (χ0n) is 11.2. The van der Waals surface area contributed by atoms with E-state index in [1.54, 1.807) is 0 Å². The molecule has 2 aliphatic carbocycles. The average Bonchev–Trinajstić information content (AvgIpc) is 3.08. The van der Waals surface area contributed by atoms with Crippen LogP contribution in [0.25, 0.3) is 0 Å². The highest BCUT2D eigenvalue weighted by atomic mass is 14.5. The molecular formula is C16H29N. The van der Waals surface area contributed by atoms with Crippen LogP contribution in [0.15, 0.2) is 12.2 Å². The summed E-state index contributed by atoms with van der Waals surface area (Å²) in [6.45, 7) is 0.835. The molecule has 1 fully saturated rings. The lowest BCUT2D eigenvalue weighted by atomic mass is 9.98. The predicted octanol–water partition coefficient (Wildman–Crippen LogP) is 4.28. The number of nitrogens with two attached hydrogens (primary N) is 1. The van der Waals surface area contributed by atoms with Crippen molar-refractivity contribution in [1.82, 2.24) is 0 Å². The van der Waals surface area contributed by atoms with E-state index < -0.39 is 0 Å². The van der Waals surface area contributed by atoms with Gasteiger partial charge in [-0.3, -0.25) is 0 Å². The normalized spacial score (nSPS) is 37.8. The van der Waals surface area contributed by atoms with Crippen molar-refractivity contribution in [3.8, 4) is 0 Å². The molecule has 0 aliphatic heterocycles. The van der Waals surface area contributed by atoms with Crippen molar-refractivity contribution in [3.63, 3.8) is 0 Å². The minimum absolute atomic E-state index is 0.645. The molecule has 1 heteroatoms. The highest BCUT2D eigenvalue weighted by Gasteiger charge is 2.34. The van der Waals surface area contributed by atoms with Gasteiger partial charge in [0.25, 0.3) is 0 Å². The molecule has 0 aromatic rings. The van der Waals surface area contributed by atoms with Gasteiger partial charge in [-0.2, -0.15) is 0 Å². The topological polar surface area (TPSA) is 26.0 Å². The van der Waals surface area contributed by atoms with Gasteiger partial charge in [-0.1, -0.05) is 44.3 Å². The molecule has 98 valence electrons. The van der Waals surface area contributed by atoms with Crippen molar-refractivity contribution in [3.05, 3.63) is 12.2 Å². The molecule has 0 aromatic heterocycles. The van der Waals surface area contributed by atoms with Crippen LogP contribution in [0.2, 0.25) is 0 Å². The summed E-state index contributed by atoms with van der Waals surface area (Å²) >= 11 is 0. The molecule has 1 nitrogen and oxygen atoms in total. The van der Waals surface area contributed by atoms with Gasteiger partial charge in [0.15, 0.2) is 0 Å². The van der Waals surface area contributed by atoms with Crippen molar-refractivity contribution in [2.24, 2.45) is 23.5 Å². The second-order valence-electron chi connectivity index (χ2n) is 6.10. The molecule has 17 heavy (non-hydrogen) atoms. The smallest absolute Gasteiger partial charge is 0.00142 e. The van der Waals surface area contributed by atoms with Crippen LogP contribution >= 0.6 is 0 Å². The summed E-state index contributed by atoms with van der Waals surface area (Å²) in [7, 11) is 0. The van der Waals surface area contributed by atoms with Crippen molar-refractivity contribution >= 4 is 0 Å². The molecular weight excluding hydrogens is 206 g/mol. The van der Waals surface area contributed by atoms with Crippen molar-refractivity contribution in [2.75, 3.05) is 6.54 Å². The molecule has 2 rings (SSSR count). The quantitative estimate of drug-likeness (QED) is 0.675. The van der Waals surface area contributed by atoms with E-state index in [1.807, 2.05) is 0 Å². The highest BCUT2D eigenvalue weighted by Crippen LogP contribution is 2.45. The molecule has 2 aliphatic rings. The molecule has 3 unspecified atom stereocenters. The minimum atomic E-state index is 0.645. The second-order valence-corrected chi connectivity index (χ2v) is 6.10. The molecule has 0 radical (unpaired) electrons. The highest BCUT2D eigenvalue weighted by molar-refractivity contribution is 4.91. The third kappa shape index (κ3) is 4.83. The summed E-state index contributed by atoms with van der Waals surface area (Å²) in [6, 6.07) is 0. The molecule has 0 bridgehead atoms. The Bertz CT molecular complexity index is 234. The molecule has 2 N–H and O–H groups in total. The van der Waals surface area contributed by atoms with Crippen LogP contribution < -0.4 is 5.73 Å². The number of rotatable bonds is 1. The minimum Gasteiger partial charge on any atom is -0.330 e. The van der Waals surface area contributed by atoms with Crippen LogP contribution in [-0.4, -0.2) is 6.54 Å². The largest absolute Gasteiger partial charge is 0.330 e. The van der Waals surface area contributed by atoms with Gasteiger partial charge in [-0.25, -0.2) is 0 Å². The van der Waals surface area contributed by atoms with Crippen molar-refractivity contribution in [2.45, 2.75) is 64.2 Å². The van der Waals surface area contributed by atoms with E-state index >= 15 is 0 Å². The van der Waals surface area contributed by atoms with E-state index in [9.17, 15) is 0 Å². The van der Waals surface area contributed by atoms with Crippen LogP contribution in [0.4, 0.5) is 0 Å². The van der Waals surface area contributed by atoms with Gasteiger partial charge in [-0.15, -0.1) is 0 Å². The first kappa shape index (κ1) is 13.1. The summed E-state index contributed by atoms with van der Waals surface area (Å²) in [5.74, 6) is 2.85. The van der Waals surface area contributed by atoms with Gasteiger partial charge in [0.1, 0.15) is 0 Å². The Kier molecular flexibility index (Phi) is 5.57. The summed E-state index contributed by atoms with van der Waals surface area (Å²) in [5.41, 5.74) is 5.82. The Morgan fingerprint density at radius 3 is 2.35 bits per heavy atom. The van der Waals surface area contributed by atoms with Gasteiger partial charge in [0.05, 0.1) is 0 Å². The maximum atomic E-state index is 5.82. The first-order chi connectivity index (χ1) is 8.40. The van der Waals surface area contributed by atoms with Crippen LogP contribution in [0, 0.1) is 17.8 Å². The average molecular weight is 235 g/mol. The Balaban J connectivity index is 1.75. The predicted molar refractivity (Wildman–Crippen MR) is 74.8 cm³/mol. The van der Waals surface area contributed by atoms with Crippen molar-refractivity contribution in [1.29, 1.82) is 0 Å². The fourth-order valence-corrected chi connectivity index (χ4v) is 3.26. The third-order valence-corrected chi connectivity index (χ3v) is 4.63. The standard InChI is InChI=1S/C16H29N/c17-13-14-8-4-1-2-6-10-15-12-16(15)11-7-3-5-9-14/h5,9,14-16H,1-4,6-8,10-13,17H2/b9-5-. The van der Waals surface area contributed by atoms with Crippen LogP contribution in [0.3, 0.4) is 0 Å². The van der Waals surface area contributed by atoms with Gasteiger partial charge in [0.2, 0.25) is 0 Å². The number of allylic oxidation sites excluding steroid dienone is 1. The molecule has 0 spiro atoms. The lowest BCUT2D eigenvalue weighted by Gasteiger charge is -2.10. The van der Waals surface area contributed by atoms with Crippen molar-refractivity contribution < 1.29 is 0 Å². The first-order valence-electron chi connectivity index (χ1n) is 7.77. The Morgan fingerprint density at radius 2 is 1.59 bits per heavy atom. The van der Waals surface area contributed by atoms with E-state index in [0.29, 0.717) is 5.92 Å². The maximum Gasteiger partial charge on any atom is -0.00142 e. The number of hydrogen-bond acceptors (Lipinski definition) is 1. The monoisotopic (exact) mass is 235 g/mol. The molecule has 0 aromatic carbocycles. The maximum absolute atomic E-state index is 5.82. The molecule has 0 saturated heterocycles. The molecule has 0 amide bonds.